The Bertz CT molecular complexity index is 134. The zero-order chi connectivity index (χ0) is 8.91. The molecular weight excluding hydrogens is 206 g/mol. The molecular formula is C8H16BrNO. The monoisotopic (exact) mass is 221 g/mol. The fourth-order valence-corrected chi connectivity index (χ4v) is 0.659. The van der Waals surface area contributed by atoms with Gasteiger partial charge in [-0.05, 0) is 13.3 Å². The molecule has 0 fully saturated rings. The van der Waals surface area contributed by atoms with Crippen molar-refractivity contribution < 1.29 is 4.74 Å². The Balaban J connectivity index is 3.45. The van der Waals surface area contributed by atoms with Crippen molar-refractivity contribution in [3.05, 3.63) is 11.1 Å². The molecule has 0 radical (unpaired) electrons. The molecule has 0 bridgehead atoms. The molecule has 0 aromatic rings. The molecule has 0 aliphatic carbocycles. The van der Waals surface area contributed by atoms with Crippen LogP contribution in [0.15, 0.2) is 11.1 Å². The third-order valence-corrected chi connectivity index (χ3v) is 1.73. The Morgan fingerprint density at radius 3 is 2.64 bits per heavy atom. The maximum Gasteiger partial charge on any atom is 0.0776 e. The van der Waals surface area contributed by atoms with Gasteiger partial charge in [0.25, 0.3) is 0 Å². The van der Waals surface area contributed by atoms with Gasteiger partial charge in [0.2, 0.25) is 0 Å². The van der Waals surface area contributed by atoms with Crippen molar-refractivity contribution in [1.82, 2.24) is 0 Å². The summed E-state index contributed by atoms with van der Waals surface area (Å²) >= 11 is 3.20. The average molecular weight is 222 g/mol. The molecule has 0 spiro atoms. The second-order valence-corrected chi connectivity index (χ2v) is 4.14. The topological polar surface area (TPSA) is 35.2 Å². The third-order valence-electron chi connectivity index (χ3n) is 1.50. The van der Waals surface area contributed by atoms with Gasteiger partial charge in [0.05, 0.1) is 13.2 Å². The van der Waals surface area contributed by atoms with Gasteiger partial charge in [0, 0.05) is 10.0 Å². The van der Waals surface area contributed by atoms with Gasteiger partial charge in [0.1, 0.15) is 0 Å². The average Bonchev–Trinajstić information content (AvgIpc) is 1.87. The van der Waals surface area contributed by atoms with Crippen LogP contribution in [0.2, 0.25) is 0 Å². The molecule has 11 heavy (non-hydrogen) atoms. The van der Waals surface area contributed by atoms with E-state index < -0.39 is 0 Å². The van der Waals surface area contributed by atoms with Crippen LogP contribution in [0.5, 0.6) is 0 Å². The van der Waals surface area contributed by atoms with Gasteiger partial charge in [-0.1, -0.05) is 29.4 Å². The molecule has 2 N–H and O–H groups in total. The maximum atomic E-state index is 5.83. The number of halogens is 1. The van der Waals surface area contributed by atoms with Crippen LogP contribution in [-0.4, -0.2) is 18.8 Å². The highest BCUT2D eigenvalue weighted by molar-refractivity contribution is 9.11. The Kier molecular flexibility index (Phi) is 4.97. The third kappa shape index (κ3) is 6.53. The van der Waals surface area contributed by atoms with Gasteiger partial charge in [0.15, 0.2) is 0 Å². The van der Waals surface area contributed by atoms with E-state index in [1.807, 2.05) is 13.8 Å². The van der Waals surface area contributed by atoms with Crippen LogP contribution in [0.4, 0.5) is 0 Å². The first-order valence-corrected chi connectivity index (χ1v) is 4.47. The molecule has 0 amide bonds. The van der Waals surface area contributed by atoms with E-state index in [0.29, 0.717) is 13.2 Å². The van der Waals surface area contributed by atoms with Crippen LogP contribution in [-0.2, 0) is 4.74 Å². The predicted molar refractivity (Wildman–Crippen MR) is 51.8 cm³/mol. The highest BCUT2D eigenvalue weighted by Crippen LogP contribution is 2.07. The molecule has 0 aliphatic rings. The lowest BCUT2D eigenvalue weighted by atomic mass is 10.0. The first kappa shape index (κ1) is 11.1. The minimum absolute atomic E-state index is 0.206. The zero-order valence-corrected chi connectivity index (χ0v) is 8.78. The van der Waals surface area contributed by atoms with Gasteiger partial charge < -0.3 is 10.5 Å². The highest BCUT2D eigenvalue weighted by Gasteiger charge is 2.14. The Morgan fingerprint density at radius 2 is 2.27 bits per heavy atom. The van der Waals surface area contributed by atoms with E-state index in [4.69, 9.17) is 10.5 Å². The van der Waals surface area contributed by atoms with Crippen LogP contribution in [0, 0.1) is 0 Å². The summed E-state index contributed by atoms with van der Waals surface area (Å²) in [5.41, 5.74) is 5.63. The van der Waals surface area contributed by atoms with Crippen molar-refractivity contribution in [2.45, 2.75) is 25.8 Å². The van der Waals surface area contributed by atoms with E-state index in [1.165, 1.54) is 0 Å². The second kappa shape index (κ2) is 4.91. The standard InChI is InChI=1S/C8H16BrNO/c1-4-8(3,10)6-11-5-7(2)9/h2,4-6,10H2,1,3H3. The van der Waals surface area contributed by atoms with Gasteiger partial charge in [-0.2, -0.15) is 0 Å². The van der Waals surface area contributed by atoms with E-state index in [9.17, 15) is 0 Å². The van der Waals surface area contributed by atoms with Gasteiger partial charge in [-0.15, -0.1) is 0 Å². The fraction of sp³-hybridized carbons (Fsp3) is 0.750. The summed E-state index contributed by atoms with van der Waals surface area (Å²) in [6, 6.07) is 0. The molecule has 0 saturated heterocycles. The van der Waals surface area contributed by atoms with E-state index >= 15 is 0 Å². The van der Waals surface area contributed by atoms with Crippen molar-refractivity contribution in [3.8, 4) is 0 Å². The van der Waals surface area contributed by atoms with E-state index in [-0.39, 0.29) is 5.54 Å². The van der Waals surface area contributed by atoms with Gasteiger partial charge in [-0.25, -0.2) is 0 Å². The lowest BCUT2D eigenvalue weighted by molar-refractivity contribution is 0.110. The van der Waals surface area contributed by atoms with Crippen LogP contribution in [0.25, 0.3) is 0 Å². The summed E-state index contributed by atoms with van der Waals surface area (Å²) in [5.74, 6) is 0. The molecule has 0 heterocycles. The van der Waals surface area contributed by atoms with Crippen molar-refractivity contribution in [2.75, 3.05) is 13.2 Å². The largest absolute Gasteiger partial charge is 0.374 e. The maximum absolute atomic E-state index is 5.83. The SMILES string of the molecule is C=C(Br)COCC(C)(N)CC. The molecule has 3 heteroatoms. The van der Waals surface area contributed by atoms with Gasteiger partial charge >= 0.3 is 0 Å². The van der Waals surface area contributed by atoms with Crippen molar-refractivity contribution in [3.63, 3.8) is 0 Å². The quantitative estimate of drug-likeness (QED) is 0.772. The summed E-state index contributed by atoms with van der Waals surface area (Å²) in [5, 5.41) is 0. The molecule has 0 aliphatic heterocycles. The normalized spacial score (nSPS) is 16.0. The van der Waals surface area contributed by atoms with E-state index in [0.717, 1.165) is 10.9 Å². The van der Waals surface area contributed by atoms with Gasteiger partial charge in [-0.3, -0.25) is 0 Å². The lowest BCUT2D eigenvalue weighted by Crippen LogP contribution is -2.40. The molecule has 1 unspecified atom stereocenters. The van der Waals surface area contributed by atoms with Crippen LogP contribution in [0.3, 0.4) is 0 Å². The Labute approximate surface area is 76.9 Å². The number of hydrogen-bond donors (Lipinski definition) is 1. The number of nitrogens with two attached hydrogens (primary N) is 1. The van der Waals surface area contributed by atoms with E-state index in [1.54, 1.807) is 0 Å². The molecule has 0 rings (SSSR count). The fourth-order valence-electron chi connectivity index (χ4n) is 0.497. The van der Waals surface area contributed by atoms with Crippen molar-refractivity contribution in [1.29, 1.82) is 0 Å². The predicted octanol–water partition coefficient (Wildman–Crippen LogP) is 2.04. The number of hydrogen-bond acceptors (Lipinski definition) is 2. The zero-order valence-electron chi connectivity index (χ0n) is 7.19. The first-order valence-electron chi connectivity index (χ1n) is 3.68. The van der Waals surface area contributed by atoms with E-state index in [2.05, 4.69) is 22.5 Å². The number of ether oxygens (including phenoxy) is 1. The first-order chi connectivity index (χ1) is 4.98. The summed E-state index contributed by atoms with van der Waals surface area (Å²) in [4.78, 5) is 0. The van der Waals surface area contributed by atoms with Crippen LogP contribution in [0.1, 0.15) is 20.3 Å². The Hall–Kier alpha value is 0.140. The molecule has 2 nitrogen and oxygen atoms in total. The van der Waals surface area contributed by atoms with Crippen LogP contribution < -0.4 is 5.73 Å². The molecule has 0 saturated carbocycles. The van der Waals surface area contributed by atoms with Crippen molar-refractivity contribution in [2.24, 2.45) is 5.73 Å². The minimum Gasteiger partial charge on any atom is -0.374 e. The van der Waals surface area contributed by atoms with Crippen molar-refractivity contribution >= 4 is 15.9 Å². The summed E-state index contributed by atoms with van der Waals surface area (Å²) in [6.07, 6.45) is 0.918. The Morgan fingerprint density at radius 1 is 1.73 bits per heavy atom. The molecule has 66 valence electrons. The summed E-state index contributed by atoms with van der Waals surface area (Å²) in [6.45, 7) is 8.79. The minimum atomic E-state index is -0.206. The molecule has 0 aromatic heterocycles. The molecule has 1 atom stereocenters. The highest BCUT2D eigenvalue weighted by atomic mass is 79.9. The smallest absolute Gasteiger partial charge is 0.0776 e. The lowest BCUT2D eigenvalue weighted by Gasteiger charge is -2.21. The molecule has 0 aromatic carbocycles. The second-order valence-electron chi connectivity index (χ2n) is 3.02. The van der Waals surface area contributed by atoms with Crippen LogP contribution >= 0.6 is 15.9 Å². The number of rotatable bonds is 5. The summed E-state index contributed by atoms with van der Waals surface area (Å²) in [7, 11) is 0. The summed E-state index contributed by atoms with van der Waals surface area (Å²) < 4.78 is 6.13.